The number of nitrogens with one attached hydrogen (secondary N) is 2. The molecule has 252 valence electrons. The lowest BCUT2D eigenvalue weighted by Gasteiger charge is -2.39. The normalized spacial score (nSPS) is 20.5. The molecule has 1 atom stereocenters. The molecule has 3 aliphatic heterocycles. The number of sulfonamides is 1. The number of hydrogen-bond donors (Lipinski definition) is 2. The van der Waals surface area contributed by atoms with E-state index in [2.05, 4.69) is 51.2 Å². The Hall–Kier alpha value is -4.53. The molecule has 3 aromatic rings. The molecule has 1 aromatic heterocycles. The van der Waals surface area contributed by atoms with E-state index in [1.54, 1.807) is 22.1 Å². The van der Waals surface area contributed by atoms with Gasteiger partial charge in [-0.05, 0) is 68.3 Å². The second kappa shape index (κ2) is 13.2. The van der Waals surface area contributed by atoms with Gasteiger partial charge in [0.2, 0.25) is 21.9 Å². The SMILES string of the molecule is C=CC(=O)Nc1ccccc1CN1Cc2cnc(Nc3ccc(N4CCN(C)CC4)cc3)nc2N([C@H]2CCN(S(=O)(=O)C3CC3)C2)C1=O. The van der Waals surface area contributed by atoms with Gasteiger partial charge in [0, 0.05) is 74.6 Å². The second-order valence-corrected chi connectivity index (χ2v) is 15.1. The van der Waals surface area contributed by atoms with Crippen molar-refractivity contribution in [1.82, 2.24) is 24.1 Å². The number of urea groups is 1. The Balaban J connectivity index is 1.15. The summed E-state index contributed by atoms with van der Waals surface area (Å²) < 4.78 is 27.8. The highest BCUT2D eigenvalue weighted by atomic mass is 32.2. The van der Waals surface area contributed by atoms with Gasteiger partial charge in [-0.1, -0.05) is 24.8 Å². The standard InChI is InChI=1S/C34H41N9O4S/c1-3-31(44)37-30-7-5-4-6-24(30)21-41-22-25-20-35-33(36-26-8-10-27(11-9-26)40-18-16-39(2)17-19-40)38-32(25)43(34(41)45)28-14-15-42(23-28)48(46,47)29-12-13-29/h3-11,20,28-29H,1,12-19,21-23H2,2H3,(H,37,44)(H,35,36,38)/t28-/m0/s1. The summed E-state index contributed by atoms with van der Waals surface area (Å²) in [5.74, 6) is 0.488. The molecule has 2 aromatic carbocycles. The second-order valence-electron chi connectivity index (χ2n) is 12.9. The highest BCUT2D eigenvalue weighted by Crippen LogP contribution is 2.37. The molecular formula is C34H41N9O4S. The molecule has 0 spiro atoms. The van der Waals surface area contributed by atoms with Gasteiger partial charge in [0.25, 0.3) is 0 Å². The lowest BCUT2D eigenvalue weighted by atomic mass is 10.1. The van der Waals surface area contributed by atoms with Crippen molar-refractivity contribution in [1.29, 1.82) is 0 Å². The average molecular weight is 672 g/mol. The molecule has 4 heterocycles. The van der Waals surface area contributed by atoms with Crippen molar-refractivity contribution < 1.29 is 18.0 Å². The first-order valence-corrected chi connectivity index (χ1v) is 17.9. The number of fused-ring (bicyclic) bond motifs is 1. The van der Waals surface area contributed by atoms with Crippen LogP contribution in [0.5, 0.6) is 0 Å². The first-order valence-electron chi connectivity index (χ1n) is 16.4. The van der Waals surface area contributed by atoms with Crippen LogP contribution in [0.1, 0.15) is 30.4 Å². The number of para-hydroxylation sites is 1. The third-order valence-electron chi connectivity index (χ3n) is 9.52. The van der Waals surface area contributed by atoms with Gasteiger partial charge in [0.15, 0.2) is 0 Å². The summed E-state index contributed by atoms with van der Waals surface area (Å²) in [5.41, 5.74) is 4.08. The largest absolute Gasteiger partial charge is 0.369 e. The van der Waals surface area contributed by atoms with E-state index in [-0.39, 0.29) is 36.8 Å². The molecule has 3 fully saturated rings. The number of benzene rings is 2. The summed E-state index contributed by atoms with van der Waals surface area (Å²) in [6, 6.07) is 14.8. The molecule has 13 nitrogen and oxygen atoms in total. The molecule has 4 aliphatic rings. The lowest BCUT2D eigenvalue weighted by Crippen LogP contribution is -2.53. The number of amides is 3. The van der Waals surface area contributed by atoms with Crippen LogP contribution in [0.15, 0.2) is 67.4 Å². The van der Waals surface area contributed by atoms with Crippen molar-refractivity contribution in [2.24, 2.45) is 0 Å². The van der Waals surface area contributed by atoms with Crippen LogP contribution in [0.4, 0.5) is 33.6 Å². The maximum atomic E-state index is 14.3. The highest BCUT2D eigenvalue weighted by Gasteiger charge is 2.46. The van der Waals surface area contributed by atoms with Crippen molar-refractivity contribution in [3.8, 4) is 0 Å². The third-order valence-corrected chi connectivity index (χ3v) is 11.9. The van der Waals surface area contributed by atoms with E-state index >= 15 is 0 Å². The number of aromatic nitrogens is 2. The van der Waals surface area contributed by atoms with E-state index in [0.29, 0.717) is 43.3 Å². The molecule has 3 amide bonds. The predicted octanol–water partition coefficient (Wildman–Crippen LogP) is 3.61. The summed E-state index contributed by atoms with van der Waals surface area (Å²) >= 11 is 0. The van der Waals surface area contributed by atoms with E-state index in [1.807, 2.05) is 30.3 Å². The molecule has 14 heteroatoms. The van der Waals surface area contributed by atoms with Crippen molar-refractivity contribution >= 4 is 50.8 Å². The Morgan fingerprint density at radius 2 is 1.77 bits per heavy atom. The van der Waals surface area contributed by atoms with Gasteiger partial charge >= 0.3 is 6.03 Å². The maximum absolute atomic E-state index is 14.3. The summed E-state index contributed by atoms with van der Waals surface area (Å²) in [6.07, 6.45) is 4.80. The molecule has 48 heavy (non-hydrogen) atoms. The minimum Gasteiger partial charge on any atom is -0.369 e. The molecular weight excluding hydrogens is 631 g/mol. The molecule has 0 radical (unpaired) electrons. The van der Waals surface area contributed by atoms with E-state index in [4.69, 9.17) is 4.98 Å². The third kappa shape index (κ3) is 6.60. The number of nitrogens with zero attached hydrogens (tertiary/aromatic N) is 7. The Bertz CT molecular complexity index is 1810. The van der Waals surface area contributed by atoms with E-state index in [1.165, 1.54) is 10.4 Å². The minimum atomic E-state index is -3.39. The number of piperazine rings is 1. The number of carbonyl (C=O) groups is 2. The summed E-state index contributed by atoms with van der Waals surface area (Å²) in [6.45, 7) is 8.60. The highest BCUT2D eigenvalue weighted by molar-refractivity contribution is 7.90. The minimum absolute atomic E-state index is 0.213. The average Bonchev–Trinajstić information content (AvgIpc) is 3.85. The van der Waals surface area contributed by atoms with Crippen LogP contribution in [0.3, 0.4) is 0 Å². The monoisotopic (exact) mass is 671 g/mol. The fourth-order valence-electron chi connectivity index (χ4n) is 6.60. The van der Waals surface area contributed by atoms with Crippen molar-refractivity contribution in [3.05, 3.63) is 78.5 Å². The number of carbonyl (C=O) groups excluding carboxylic acids is 2. The fraction of sp³-hybridized carbons (Fsp3) is 0.412. The molecule has 2 saturated heterocycles. The quantitative estimate of drug-likeness (QED) is 0.310. The van der Waals surface area contributed by atoms with E-state index < -0.39 is 16.1 Å². The molecule has 0 bridgehead atoms. The molecule has 0 unspecified atom stereocenters. The summed E-state index contributed by atoms with van der Waals surface area (Å²) in [5, 5.41) is 5.81. The van der Waals surface area contributed by atoms with Crippen LogP contribution >= 0.6 is 0 Å². The van der Waals surface area contributed by atoms with Gasteiger partial charge in [0.1, 0.15) is 5.82 Å². The number of hydrogen-bond acceptors (Lipinski definition) is 9. The van der Waals surface area contributed by atoms with Crippen LogP contribution in [-0.2, 0) is 27.9 Å². The van der Waals surface area contributed by atoms with Crippen LogP contribution in [0.2, 0.25) is 0 Å². The Morgan fingerprint density at radius 3 is 2.50 bits per heavy atom. The maximum Gasteiger partial charge on any atom is 0.326 e. The zero-order chi connectivity index (χ0) is 33.4. The predicted molar refractivity (Wildman–Crippen MR) is 186 cm³/mol. The van der Waals surface area contributed by atoms with Gasteiger partial charge in [-0.15, -0.1) is 0 Å². The smallest absolute Gasteiger partial charge is 0.326 e. The fourth-order valence-corrected chi connectivity index (χ4v) is 8.49. The molecule has 1 saturated carbocycles. The first-order chi connectivity index (χ1) is 23.2. The number of anilines is 5. The topological polar surface area (TPSA) is 134 Å². The first kappa shape index (κ1) is 32.0. The van der Waals surface area contributed by atoms with Crippen LogP contribution in [0.25, 0.3) is 0 Å². The van der Waals surface area contributed by atoms with Crippen molar-refractivity contribution in [2.75, 3.05) is 66.7 Å². The summed E-state index contributed by atoms with van der Waals surface area (Å²) in [4.78, 5) is 43.9. The lowest BCUT2D eigenvalue weighted by molar-refractivity contribution is -0.111. The molecule has 7 rings (SSSR count). The van der Waals surface area contributed by atoms with Crippen molar-refractivity contribution in [3.63, 3.8) is 0 Å². The van der Waals surface area contributed by atoms with Gasteiger partial charge < -0.3 is 25.3 Å². The Labute approximate surface area is 281 Å². The van der Waals surface area contributed by atoms with E-state index in [9.17, 15) is 18.0 Å². The number of likely N-dealkylation sites (N-methyl/N-ethyl adjacent to an activating group) is 1. The van der Waals surface area contributed by atoms with Gasteiger partial charge in [0.05, 0.1) is 17.8 Å². The zero-order valence-corrected chi connectivity index (χ0v) is 27.9. The van der Waals surface area contributed by atoms with Gasteiger partial charge in [-0.3, -0.25) is 9.69 Å². The Kier molecular flexibility index (Phi) is 8.79. The van der Waals surface area contributed by atoms with Crippen LogP contribution < -0.4 is 20.4 Å². The summed E-state index contributed by atoms with van der Waals surface area (Å²) in [7, 11) is -1.26. The molecule has 1 aliphatic carbocycles. The van der Waals surface area contributed by atoms with Crippen LogP contribution in [-0.4, -0.2) is 102 Å². The zero-order valence-electron chi connectivity index (χ0n) is 27.1. The van der Waals surface area contributed by atoms with Gasteiger partial charge in [-0.25, -0.2) is 18.2 Å². The van der Waals surface area contributed by atoms with Crippen molar-refractivity contribution in [2.45, 2.75) is 43.6 Å². The molecule has 2 N–H and O–H groups in total. The van der Waals surface area contributed by atoms with Crippen LogP contribution in [0, 0.1) is 0 Å². The van der Waals surface area contributed by atoms with Gasteiger partial charge in [-0.2, -0.15) is 9.29 Å². The Morgan fingerprint density at radius 1 is 1.02 bits per heavy atom. The van der Waals surface area contributed by atoms with E-state index in [0.717, 1.165) is 48.7 Å². The number of rotatable bonds is 10.